The third-order valence-electron chi connectivity index (χ3n) is 4.44. The summed E-state index contributed by atoms with van der Waals surface area (Å²) in [6, 6.07) is 14.2. The summed E-state index contributed by atoms with van der Waals surface area (Å²) in [5, 5.41) is 0. The summed E-state index contributed by atoms with van der Waals surface area (Å²) in [7, 11) is 0. The van der Waals surface area contributed by atoms with E-state index in [1.165, 1.54) is 0 Å². The number of nitrogens with two attached hydrogens (primary N) is 1. The van der Waals surface area contributed by atoms with E-state index in [-0.39, 0.29) is 36.8 Å². The van der Waals surface area contributed by atoms with Gasteiger partial charge in [0.1, 0.15) is 0 Å². The Morgan fingerprint density at radius 2 is 1.81 bits per heavy atom. The Morgan fingerprint density at radius 1 is 1.12 bits per heavy atom. The highest BCUT2D eigenvalue weighted by molar-refractivity contribution is 5.85. The van der Waals surface area contributed by atoms with Gasteiger partial charge >= 0.3 is 0 Å². The first kappa shape index (κ1) is 22.2. The van der Waals surface area contributed by atoms with Gasteiger partial charge in [0.25, 0.3) is 0 Å². The average molecular weight is 397 g/mol. The van der Waals surface area contributed by atoms with Crippen LogP contribution in [0.2, 0.25) is 0 Å². The molecule has 1 aliphatic rings. The Hall–Kier alpha value is -1.82. The molecule has 0 unspecified atom stereocenters. The summed E-state index contributed by atoms with van der Waals surface area (Å²) >= 11 is 0. The van der Waals surface area contributed by atoms with Crippen molar-refractivity contribution < 1.29 is 4.79 Å². The number of para-hydroxylation sites is 1. The second-order valence-electron chi connectivity index (χ2n) is 6.27. The van der Waals surface area contributed by atoms with E-state index in [0.717, 1.165) is 37.2 Å². The molecule has 0 saturated carbocycles. The normalized spacial score (nSPS) is 14.1. The van der Waals surface area contributed by atoms with Gasteiger partial charge in [0.15, 0.2) is 0 Å². The number of aromatic nitrogens is 1. The molecule has 1 aliphatic heterocycles. The zero-order valence-corrected chi connectivity index (χ0v) is 16.3. The molecule has 2 aromatic rings. The van der Waals surface area contributed by atoms with Gasteiger partial charge in [-0.1, -0.05) is 24.3 Å². The predicted octanol–water partition coefficient (Wildman–Crippen LogP) is 2.88. The molecule has 142 valence electrons. The molecule has 0 aliphatic carbocycles. The van der Waals surface area contributed by atoms with Gasteiger partial charge in [0.2, 0.25) is 5.91 Å². The number of likely N-dealkylation sites (tertiary alicyclic amines) is 1. The van der Waals surface area contributed by atoms with Crippen LogP contribution in [0, 0.1) is 0 Å². The van der Waals surface area contributed by atoms with Crippen LogP contribution in [0.15, 0.2) is 54.9 Å². The predicted molar refractivity (Wildman–Crippen MR) is 110 cm³/mol. The monoisotopic (exact) mass is 396 g/mol. The van der Waals surface area contributed by atoms with Crippen LogP contribution < -0.4 is 10.6 Å². The van der Waals surface area contributed by atoms with Crippen LogP contribution in [0.5, 0.6) is 0 Å². The topological polar surface area (TPSA) is 62.5 Å². The van der Waals surface area contributed by atoms with Crippen molar-refractivity contribution in [2.45, 2.75) is 25.4 Å². The molecular formula is C19H26Cl2N4O. The molecule has 0 atom stereocenters. The van der Waals surface area contributed by atoms with Crippen molar-refractivity contribution in [3.05, 3.63) is 60.4 Å². The summed E-state index contributed by atoms with van der Waals surface area (Å²) in [5.41, 5.74) is 8.07. The van der Waals surface area contributed by atoms with Crippen molar-refractivity contribution in [1.82, 2.24) is 9.88 Å². The molecule has 7 heteroatoms. The number of halogens is 2. The number of amides is 1. The minimum absolute atomic E-state index is 0. The Kier molecular flexibility index (Phi) is 9.41. The van der Waals surface area contributed by atoms with E-state index in [2.05, 4.69) is 9.88 Å². The Bertz CT molecular complexity index is 649. The molecule has 1 aromatic heterocycles. The highest BCUT2D eigenvalue weighted by atomic mass is 35.5. The van der Waals surface area contributed by atoms with Crippen molar-refractivity contribution in [3.63, 3.8) is 0 Å². The van der Waals surface area contributed by atoms with Gasteiger partial charge in [-0.3, -0.25) is 9.78 Å². The SMILES string of the molecule is Cl.Cl.NC1CCN(C(=O)CN(Cc2cccnc2)c2ccccc2)CC1. The molecule has 0 radical (unpaired) electrons. The number of rotatable bonds is 5. The Labute approximate surface area is 167 Å². The van der Waals surface area contributed by atoms with E-state index in [4.69, 9.17) is 5.73 Å². The molecule has 1 aromatic carbocycles. The second-order valence-corrected chi connectivity index (χ2v) is 6.27. The van der Waals surface area contributed by atoms with E-state index in [0.29, 0.717) is 13.1 Å². The molecule has 3 rings (SSSR count). The molecule has 0 spiro atoms. The molecule has 1 fully saturated rings. The Balaban J connectivity index is 0.00000169. The minimum Gasteiger partial charge on any atom is -0.358 e. The molecule has 1 amide bonds. The van der Waals surface area contributed by atoms with E-state index >= 15 is 0 Å². The van der Waals surface area contributed by atoms with Gasteiger partial charge in [0.05, 0.1) is 6.54 Å². The van der Waals surface area contributed by atoms with Gasteiger partial charge in [-0.15, -0.1) is 24.8 Å². The quantitative estimate of drug-likeness (QED) is 0.843. The van der Waals surface area contributed by atoms with Gasteiger partial charge < -0.3 is 15.5 Å². The molecule has 26 heavy (non-hydrogen) atoms. The fourth-order valence-corrected chi connectivity index (χ4v) is 3.00. The van der Waals surface area contributed by atoms with Crippen LogP contribution in [0.4, 0.5) is 5.69 Å². The van der Waals surface area contributed by atoms with Crippen molar-refractivity contribution in [1.29, 1.82) is 0 Å². The maximum atomic E-state index is 12.7. The van der Waals surface area contributed by atoms with Crippen molar-refractivity contribution in [2.24, 2.45) is 5.73 Å². The largest absolute Gasteiger partial charge is 0.358 e. The number of pyridine rings is 1. The number of carbonyl (C=O) groups excluding carboxylic acids is 1. The van der Waals surface area contributed by atoms with E-state index in [1.807, 2.05) is 53.6 Å². The third kappa shape index (κ3) is 6.16. The summed E-state index contributed by atoms with van der Waals surface area (Å²) in [5.74, 6) is 0.162. The lowest BCUT2D eigenvalue weighted by molar-refractivity contribution is -0.130. The van der Waals surface area contributed by atoms with Gasteiger partial charge in [-0.25, -0.2) is 0 Å². The first-order valence-corrected chi connectivity index (χ1v) is 8.44. The summed E-state index contributed by atoms with van der Waals surface area (Å²) < 4.78 is 0. The zero-order chi connectivity index (χ0) is 16.8. The van der Waals surface area contributed by atoms with Crippen LogP contribution in [-0.4, -0.2) is 41.5 Å². The molecule has 2 N–H and O–H groups in total. The summed E-state index contributed by atoms with van der Waals surface area (Å²) in [6.45, 7) is 2.55. The fourth-order valence-electron chi connectivity index (χ4n) is 3.00. The van der Waals surface area contributed by atoms with Gasteiger partial charge in [0, 0.05) is 43.8 Å². The minimum atomic E-state index is 0. The lowest BCUT2D eigenvalue weighted by Crippen LogP contribution is -2.46. The Morgan fingerprint density at radius 3 is 2.42 bits per heavy atom. The maximum absolute atomic E-state index is 12.7. The molecule has 0 bridgehead atoms. The lowest BCUT2D eigenvalue weighted by Gasteiger charge is -2.33. The number of piperidine rings is 1. The molecular weight excluding hydrogens is 371 g/mol. The van der Waals surface area contributed by atoms with Crippen LogP contribution in [0.1, 0.15) is 18.4 Å². The van der Waals surface area contributed by atoms with Crippen LogP contribution in [-0.2, 0) is 11.3 Å². The first-order valence-electron chi connectivity index (χ1n) is 8.44. The van der Waals surface area contributed by atoms with Crippen LogP contribution in [0.25, 0.3) is 0 Å². The summed E-state index contributed by atoms with van der Waals surface area (Å²) in [6.07, 6.45) is 5.39. The van der Waals surface area contributed by atoms with E-state index in [9.17, 15) is 4.79 Å². The second kappa shape index (κ2) is 11.0. The standard InChI is InChI=1S/C19H24N4O.2ClH/c20-17-8-11-22(12-9-17)19(24)15-23(18-6-2-1-3-7-18)14-16-5-4-10-21-13-16;;/h1-7,10,13,17H,8-9,11-12,14-15,20H2;2*1H. The molecule has 5 nitrogen and oxygen atoms in total. The number of hydrogen-bond donors (Lipinski definition) is 1. The molecule has 1 saturated heterocycles. The number of nitrogens with zero attached hydrogens (tertiary/aromatic N) is 3. The van der Waals surface area contributed by atoms with Crippen molar-refractivity contribution in [3.8, 4) is 0 Å². The number of benzene rings is 1. The van der Waals surface area contributed by atoms with Crippen molar-refractivity contribution in [2.75, 3.05) is 24.5 Å². The maximum Gasteiger partial charge on any atom is 0.242 e. The van der Waals surface area contributed by atoms with Crippen LogP contribution in [0.3, 0.4) is 0 Å². The lowest BCUT2D eigenvalue weighted by atomic mass is 10.1. The van der Waals surface area contributed by atoms with Crippen molar-refractivity contribution >= 4 is 36.4 Å². The van der Waals surface area contributed by atoms with Crippen LogP contribution >= 0.6 is 24.8 Å². The number of hydrogen-bond acceptors (Lipinski definition) is 4. The smallest absolute Gasteiger partial charge is 0.242 e. The highest BCUT2D eigenvalue weighted by Gasteiger charge is 2.22. The van der Waals surface area contributed by atoms with E-state index < -0.39 is 0 Å². The zero-order valence-electron chi connectivity index (χ0n) is 14.7. The number of anilines is 1. The third-order valence-corrected chi connectivity index (χ3v) is 4.44. The number of carbonyl (C=O) groups is 1. The first-order chi connectivity index (χ1) is 11.7. The van der Waals surface area contributed by atoms with E-state index in [1.54, 1.807) is 6.20 Å². The summed E-state index contributed by atoms with van der Waals surface area (Å²) in [4.78, 5) is 20.9. The fraction of sp³-hybridized carbons (Fsp3) is 0.368. The average Bonchev–Trinajstić information content (AvgIpc) is 2.63. The van der Waals surface area contributed by atoms with Gasteiger partial charge in [-0.2, -0.15) is 0 Å². The van der Waals surface area contributed by atoms with Gasteiger partial charge in [-0.05, 0) is 36.6 Å². The molecule has 2 heterocycles. The highest BCUT2D eigenvalue weighted by Crippen LogP contribution is 2.17.